The van der Waals surface area contributed by atoms with E-state index in [4.69, 9.17) is 29.6 Å². The van der Waals surface area contributed by atoms with Gasteiger partial charge in [-0.05, 0) is 18.6 Å². The molecular weight excluding hydrogens is 292 g/mol. The van der Waals surface area contributed by atoms with Gasteiger partial charge < -0.3 is 5.73 Å². The molecule has 2 N–H and O–H groups in total. The van der Waals surface area contributed by atoms with Crippen LogP contribution in [0.25, 0.3) is 0 Å². The lowest BCUT2D eigenvalue weighted by atomic mass is 10.2. The van der Waals surface area contributed by atoms with Crippen molar-refractivity contribution in [1.29, 1.82) is 0 Å². The van der Waals surface area contributed by atoms with E-state index in [1.54, 1.807) is 6.07 Å². The molecule has 0 fully saturated rings. The van der Waals surface area contributed by atoms with Crippen LogP contribution in [0, 0.1) is 0 Å². The van der Waals surface area contributed by atoms with Gasteiger partial charge in [-0.2, -0.15) is 0 Å². The highest BCUT2D eigenvalue weighted by Crippen LogP contribution is 2.25. The Morgan fingerprint density at radius 1 is 1.50 bits per heavy atom. The number of sulfonamides is 1. The van der Waals surface area contributed by atoms with Crippen molar-refractivity contribution in [2.24, 2.45) is 5.73 Å². The van der Waals surface area contributed by atoms with E-state index >= 15 is 0 Å². The first-order valence-corrected chi connectivity index (χ1v) is 7.59. The molecule has 0 aromatic heterocycles. The highest BCUT2D eigenvalue weighted by molar-refractivity contribution is 7.89. The molecule has 0 spiro atoms. The van der Waals surface area contributed by atoms with Crippen LogP contribution in [0.5, 0.6) is 0 Å². The van der Waals surface area contributed by atoms with E-state index in [9.17, 15) is 8.42 Å². The normalized spacial score (nSPS) is 11.8. The quantitative estimate of drug-likeness (QED) is 0.845. The molecule has 18 heavy (non-hydrogen) atoms. The van der Waals surface area contributed by atoms with Gasteiger partial charge in [0.05, 0.1) is 5.02 Å². The molecule has 0 unspecified atom stereocenters. The van der Waals surface area contributed by atoms with Crippen molar-refractivity contribution in [3.8, 4) is 0 Å². The average molecular weight is 307 g/mol. The van der Waals surface area contributed by atoms with Gasteiger partial charge in [0.15, 0.2) is 0 Å². The minimum absolute atomic E-state index is 0.0328. The molecule has 1 aromatic carbocycles. The summed E-state index contributed by atoms with van der Waals surface area (Å²) in [4.78, 5) is 0.173. The number of nitrogens with zero attached hydrogens (tertiary/aromatic N) is 1. The van der Waals surface area contributed by atoms with E-state index in [1.165, 1.54) is 23.5 Å². The molecule has 0 atom stereocenters. The molecule has 7 heteroatoms. The molecule has 0 bridgehead atoms. The fraction of sp³-hybridized carbons (Fsp3) is 0.364. The molecule has 0 radical (unpaired) electrons. The van der Waals surface area contributed by atoms with E-state index in [0.29, 0.717) is 12.1 Å². The van der Waals surface area contributed by atoms with E-state index in [1.807, 2.05) is 6.92 Å². The number of rotatable bonds is 5. The number of nitrogens with two attached hydrogens (primary N) is 1. The summed E-state index contributed by atoms with van der Waals surface area (Å²) < 4.78 is 25.8. The van der Waals surface area contributed by atoms with Crippen molar-refractivity contribution in [3.05, 3.63) is 28.8 Å². The van der Waals surface area contributed by atoms with Crippen molar-refractivity contribution in [2.45, 2.75) is 18.2 Å². The van der Waals surface area contributed by atoms with Crippen LogP contribution in [0.2, 0.25) is 5.02 Å². The van der Waals surface area contributed by atoms with Crippen LogP contribution < -0.4 is 5.73 Å². The number of hydrogen-bond acceptors (Lipinski definition) is 3. The lowest BCUT2D eigenvalue weighted by molar-refractivity contribution is 0.468. The smallest absolute Gasteiger partial charge is 0.244 e. The maximum absolute atomic E-state index is 12.3. The molecule has 1 rings (SSSR count). The second-order valence-corrected chi connectivity index (χ2v) is 6.70. The van der Waals surface area contributed by atoms with Crippen LogP contribution in [0.3, 0.4) is 0 Å². The van der Waals surface area contributed by atoms with Crippen molar-refractivity contribution in [2.75, 3.05) is 13.6 Å². The van der Waals surface area contributed by atoms with E-state index in [2.05, 4.69) is 0 Å². The van der Waals surface area contributed by atoms with Gasteiger partial charge in [0.2, 0.25) is 10.0 Å². The maximum atomic E-state index is 12.3. The summed E-state index contributed by atoms with van der Waals surface area (Å²) in [6.45, 7) is 2.33. The zero-order valence-corrected chi connectivity index (χ0v) is 12.6. The molecule has 4 nitrogen and oxygen atoms in total. The van der Waals surface area contributed by atoms with Gasteiger partial charge in [0.25, 0.3) is 0 Å². The summed E-state index contributed by atoms with van der Waals surface area (Å²) in [7, 11) is -2.09. The predicted octanol–water partition coefficient (Wildman–Crippen LogP) is 2.00. The molecule has 0 aliphatic heterocycles. The van der Waals surface area contributed by atoms with Crippen LogP contribution in [0.4, 0.5) is 0 Å². The zero-order chi connectivity index (χ0) is 13.9. The monoisotopic (exact) mass is 306 g/mol. The Morgan fingerprint density at radius 3 is 2.61 bits per heavy atom. The highest BCUT2D eigenvalue weighted by atomic mass is 35.5. The third kappa shape index (κ3) is 3.20. The first-order chi connectivity index (χ1) is 8.30. The summed E-state index contributed by atoms with van der Waals surface area (Å²) >= 11 is 10.8. The maximum Gasteiger partial charge on any atom is 0.244 e. The standard InChI is InChI=1S/C11H15ClN2O2S2/c1-3-6-14(2)18(15,16)10-7-8(11(13)17)4-5-9(10)12/h4-5,7H,3,6H2,1-2H3,(H2,13,17). The van der Waals surface area contributed by atoms with Gasteiger partial charge >= 0.3 is 0 Å². The number of halogens is 1. The molecule has 0 heterocycles. The van der Waals surface area contributed by atoms with E-state index in [-0.39, 0.29) is 14.9 Å². The first kappa shape index (κ1) is 15.4. The Hall–Kier alpha value is -0.690. The Balaban J connectivity index is 3.31. The van der Waals surface area contributed by atoms with Crippen LogP contribution in [-0.2, 0) is 10.0 Å². The van der Waals surface area contributed by atoms with Crippen LogP contribution in [-0.4, -0.2) is 31.3 Å². The minimum Gasteiger partial charge on any atom is -0.389 e. The third-order valence-electron chi connectivity index (χ3n) is 2.44. The van der Waals surface area contributed by atoms with Crippen LogP contribution in [0.1, 0.15) is 18.9 Å². The fourth-order valence-corrected chi connectivity index (χ4v) is 3.34. The predicted molar refractivity (Wildman–Crippen MR) is 77.4 cm³/mol. The summed E-state index contributed by atoms with van der Waals surface area (Å²) in [5.74, 6) is 0. The van der Waals surface area contributed by atoms with Crippen molar-refractivity contribution >= 4 is 38.8 Å². The largest absolute Gasteiger partial charge is 0.389 e. The summed E-state index contributed by atoms with van der Waals surface area (Å²) in [6, 6.07) is 4.50. The topological polar surface area (TPSA) is 63.4 Å². The SMILES string of the molecule is CCCN(C)S(=O)(=O)c1cc(C(N)=S)ccc1Cl. The van der Waals surface area contributed by atoms with Crippen molar-refractivity contribution < 1.29 is 8.42 Å². The third-order valence-corrected chi connectivity index (χ3v) is 5.02. The van der Waals surface area contributed by atoms with Crippen LogP contribution >= 0.6 is 23.8 Å². The Bertz CT molecular complexity index is 558. The molecule has 100 valence electrons. The van der Waals surface area contributed by atoms with E-state index < -0.39 is 10.0 Å². The number of hydrogen-bond donors (Lipinski definition) is 1. The summed E-state index contributed by atoms with van der Waals surface area (Å²) in [6.07, 6.45) is 0.725. The van der Waals surface area contributed by atoms with Gasteiger partial charge in [-0.1, -0.05) is 36.8 Å². The molecule has 0 saturated carbocycles. The van der Waals surface area contributed by atoms with Gasteiger partial charge in [-0.3, -0.25) is 0 Å². The first-order valence-electron chi connectivity index (χ1n) is 5.36. The van der Waals surface area contributed by atoms with Gasteiger partial charge in [-0.25, -0.2) is 12.7 Å². The van der Waals surface area contributed by atoms with Gasteiger partial charge in [0, 0.05) is 19.2 Å². The molecular formula is C11H15ClN2O2S2. The summed E-state index contributed by atoms with van der Waals surface area (Å²) in [5, 5.41) is 0.165. The number of benzene rings is 1. The molecule has 1 aromatic rings. The molecule has 0 aliphatic carbocycles. The minimum atomic E-state index is -3.60. The second kappa shape index (κ2) is 5.97. The summed E-state index contributed by atoms with van der Waals surface area (Å²) in [5.41, 5.74) is 5.97. The Morgan fingerprint density at radius 2 is 2.11 bits per heavy atom. The average Bonchev–Trinajstić information content (AvgIpc) is 2.29. The number of thiocarbonyl (C=S) groups is 1. The molecule has 0 saturated heterocycles. The van der Waals surface area contributed by atoms with Gasteiger partial charge in [-0.15, -0.1) is 0 Å². The molecule has 0 amide bonds. The molecule has 0 aliphatic rings. The fourth-order valence-electron chi connectivity index (χ4n) is 1.46. The second-order valence-electron chi connectivity index (χ2n) is 3.84. The zero-order valence-electron chi connectivity index (χ0n) is 10.2. The van der Waals surface area contributed by atoms with Crippen molar-refractivity contribution in [3.63, 3.8) is 0 Å². The van der Waals surface area contributed by atoms with E-state index in [0.717, 1.165) is 6.42 Å². The lowest BCUT2D eigenvalue weighted by Crippen LogP contribution is -2.28. The Kier molecular flexibility index (Phi) is 5.10. The van der Waals surface area contributed by atoms with Gasteiger partial charge in [0.1, 0.15) is 9.88 Å². The Labute approximate surface area is 118 Å². The van der Waals surface area contributed by atoms with Crippen LogP contribution in [0.15, 0.2) is 23.1 Å². The van der Waals surface area contributed by atoms with Crippen molar-refractivity contribution in [1.82, 2.24) is 4.31 Å². The highest BCUT2D eigenvalue weighted by Gasteiger charge is 2.23. The lowest BCUT2D eigenvalue weighted by Gasteiger charge is -2.17.